The highest BCUT2D eigenvalue weighted by Gasteiger charge is 2.06. The van der Waals surface area contributed by atoms with Crippen molar-refractivity contribution < 1.29 is 28.5 Å². The van der Waals surface area contributed by atoms with Gasteiger partial charge in [-0.2, -0.15) is 0 Å². The smallest absolute Gasteiger partial charge is 0.220 e. The minimum absolute atomic E-state index is 0.104. The van der Waals surface area contributed by atoms with Crippen LogP contribution in [0.1, 0.15) is 37.7 Å². The number of nitrogens with two attached hydrogens (primary N) is 1. The summed E-state index contributed by atoms with van der Waals surface area (Å²) in [5, 5.41) is 5.54. The second-order valence-corrected chi connectivity index (χ2v) is 7.13. The van der Waals surface area contributed by atoms with Gasteiger partial charge in [-0.3, -0.25) is 9.59 Å². The molecule has 0 heterocycles. The number of amides is 2. The summed E-state index contributed by atoms with van der Waals surface area (Å²) in [7, 11) is 0. The minimum Gasteiger partial charge on any atom is -0.377 e. The third-order valence-corrected chi connectivity index (χ3v) is 4.37. The van der Waals surface area contributed by atoms with E-state index in [4.69, 9.17) is 24.7 Å². The van der Waals surface area contributed by atoms with Gasteiger partial charge in [0, 0.05) is 25.9 Å². The topological polar surface area (TPSA) is 121 Å². The van der Waals surface area contributed by atoms with Crippen LogP contribution < -0.4 is 16.4 Å². The molecule has 1 aromatic rings. The third-order valence-electron chi connectivity index (χ3n) is 4.37. The Labute approximate surface area is 191 Å². The van der Waals surface area contributed by atoms with E-state index in [-0.39, 0.29) is 31.4 Å². The predicted octanol–water partition coefficient (Wildman–Crippen LogP) is 1.35. The molecule has 0 atom stereocenters. The predicted molar refractivity (Wildman–Crippen MR) is 122 cm³/mol. The van der Waals surface area contributed by atoms with Crippen molar-refractivity contribution in [1.29, 1.82) is 0 Å². The Morgan fingerprint density at radius 1 is 0.719 bits per heavy atom. The van der Waals surface area contributed by atoms with Crippen LogP contribution in [0.25, 0.3) is 0 Å². The van der Waals surface area contributed by atoms with Crippen LogP contribution in [0, 0.1) is 0 Å². The van der Waals surface area contributed by atoms with Gasteiger partial charge in [0.15, 0.2) is 0 Å². The van der Waals surface area contributed by atoms with E-state index < -0.39 is 0 Å². The lowest BCUT2D eigenvalue weighted by molar-refractivity contribution is -0.126. The zero-order valence-corrected chi connectivity index (χ0v) is 19.0. The number of ether oxygens (including phenoxy) is 4. The molecule has 4 N–H and O–H groups in total. The SMILES string of the molecule is NCCCCCNC(=O)CCC(=O)NCCOCCOCCOCOCc1ccccc1. The average molecular weight is 454 g/mol. The molecule has 0 aliphatic rings. The van der Waals surface area contributed by atoms with Crippen molar-refractivity contribution in [3.63, 3.8) is 0 Å². The Kier molecular flexibility index (Phi) is 18.2. The molecule has 182 valence electrons. The molecule has 2 amide bonds. The lowest BCUT2D eigenvalue weighted by atomic mass is 10.2. The van der Waals surface area contributed by atoms with Gasteiger partial charge in [-0.15, -0.1) is 0 Å². The van der Waals surface area contributed by atoms with Gasteiger partial charge in [0.1, 0.15) is 6.79 Å². The zero-order valence-electron chi connectivity index (χ0n) is 19.0. The van der Waals surface area contributed by atoms with Crippen LogP contribution in [0.3, 0.4) is 0 Å². The highest BCUT2D eigenvalue weighted by atomic mass is 16.7. The summed E-state index contributed by atoms with van der Waals surface area (Å²) in [5.74, 6) is -0.261. The first-order chi connectivity index (χ1) is 15.7. The number of benzene rings is 1. The monoisotopic (exact) mass is 453 g/mol. The first-order valence-corrected chi connectivity index (χ1v) is 11.3. The maximum atomic E-state index is 11.7. The molecule has 9 nitrogen and oxygen atoms in total. The number of rotatable bonds is 21. The number of hydrogen-bond donors (Lipinski definition) is 3. The van der Waals surface area contributed by atoms with Gasteiger partial charge >= 0.3 is 0 Å². The van der Waals surface area contributed by atoms with Gasteiger partial charge in [0.05, 0.1) is 39.6 Å². The molecule has 0 radical (unpaired) electrons. The van der Waals surface area contributed by atoms with Gasteiger partial charge in [0.25, 0.3) is 0 Å². The summed E-state index contributed by atoms with van der Waals surface area (Å²) < 4.78 is 21.5. The molecule has 0 aromatic heterocycles. The molecule has 9 heteroatoms. The zero-order chi connectivity index (χ0) is 23.1. The number of nitrogens with one attached hydrogen (secondary N) is 2. The lowest BCUT2D eigenvalue weighted by Gasteiger charge is -2.08. The molecule has 0 fully saturated rings. The van der Waals surface area contributed by atoms with Crippen molar-refractivity contribution in [2.75, 3.05) is 59.5 Å². The van der Waals surface area contributed by atoms with Crippen molar-refractivity contribution in [2.45, 2.75) is 38.7 Å². The normalized spacial score (nSPS) is 10.8. The van der Waals surface area contributed by atoms with Crippen molar-refractivity contribution in [3.05, 3.63) is 35.9 Å². The standard InChI is InChI=1S/C23H39N3O6/c24-11-5-2-6-12-25-22(27)9-10-23(28)26-13-14-29-15-16-30-17-18-31-20-32-19-21-7-3-1-4-8-21/h1,3-4,7-8H,2,5-6,9-20,24H2,(H,25,27)(H,26,28). The van der Waals surface area contributed by atoms with E-state index in [1.165, 1.54) is 0 Å². The minimum atomic E-state index is -0.158. The number of carbonyl (C=O) groups is 2. The van der Waals surface area contributed by atoms with Crippen LogP contribution in [-0.2, 0) is 35.1 Å². The van der Waals surface area contributed by atoms with E-state index in [0.29, 0.717) is 59.3 Å². The molecule has 0 aliphatic carbocycles. The molecule has 32 heavy (non-hydrogen) atoms. The fraction of sp³-hybridized carbons (Fsp3) is 0.652. The van der Waals surface area contributed by atoms with E-state index in [1.807, 2.05) is 30.3 Å². The molecule has 0 unspecified atom stereocenters. The summed E-state index contributed by atoms with van der Waals surface area (Å²) in [6, 6.07) is 9.91. The fourth-order valence-corrected chi connectivity index (χ4v) is 2.63. The van der Waals surface area contributed by atoms with E-state index in [1.54, 1.807) is 0 Å². The number of hydrogen-bond acceptors (Lipinski definition) is 7. The van der Waals surface area contributed by atoms with Crippen molar-refractivity contribution in [3.8, 4) is 0 Å². The largest absolute Gasteiger partial charge is 0.377 e. The molecular weight excluding hydrogens is 414 g/mol. The highest BCUT2D eigenvalue weighted by molar-refractivity contribution is 5.83. The Balaban J connectivity index is 1.78. The van der Waals surface area contributed by atoms with Crippen LogP contribution in [0.15, 0.2) is 30.3 Å². The maximum absolute atomic E-state index is 11.7. The van der Waals surface area contributed by atoms with Gasteiger partial charge in [0.2, 0.25) is 11.8 Å². The molecule has 1 aromatic carbocycles. The Morgan fingerprint density at radius 2 is 1.34 bits per heavy atom. The van der Waals surface area contributed by atoms with Crippen LogP contribution in [0.5, 0.6) is 0 Å². The molecule has 0 saturated heterocycles. The Bertz CT molecular complexity index is 588. The van der Waals surface area contributed by atoms with Gasteiger partial charge in [-0.25, -0.2) is 0 Å². The molecular formula is C23H39N3O6. The van der Waals surface area contributed by atoms with Gasteiger partial charge in [-0.1, -0.05) is 36.8 Å². The van der Waals surface area contributed by atoms with Gasteiger partial charge in [-0.05, 0) is 24.9 Å². The van der Waals surface area contributed by atoms with E-state index >= 15 is 0 Å². The fourth-order valence-electron chi connectivity index (χ4n) is 2.63. The molecule has 0 saturated carbocycles. The molecule has 0 aliphatic heterocycles. The van der Waals surface area contributed by atoms with E-state index in [0.717, 1.165) is 24.8 Å². The second-order valence-electron chi connectivity index (χ2n) is 7.13. The quantitative estimate of drug-likeness (QED) is 0.190. The summed E-state index contributed by atoms with van der Waals surface area (Å²) in [5.41, 5.74) is 6.52. The summed E-state index contributed by atoms with van der Waals surface area (Å²) in [6.07, 6.45) is 3.24. The van der Waals surface area contributed by atoms with Crippen molar-refractivity contribution in [2.24, 2.45) is 5.73 Å². The van der Waals surface area contributed by atoms with E-state index in [9.17, 15) is 9.59 Å². The van der Waals surface area contributed by atoms with Crippen molar-refractivity contribution >= 4 is 11.8 Å². The van der Waals surface area contributed by atoms with Crippen LogP contribution in [0.2, 0.25) is 0 Å². The second kappa shape index (κ2) is 20.8. The van der Waals surface area contributed by atoms with E-state index in [2.05, 4.69) is 10.6 Å². The Hall–Kier alpha value is -2.04. The van der Waals surface area contributed by atoms with Gasteiger partial charge < -0.3 is 35.3 Å². The molecule has 0 spiro atoms. The average Bonchev–Trinajstić information content (AvgIpc) is 2.81. The summed E-state index contributed by atoms with van der Waals surface area (Å²) >= 11 is 0. The van der Waals surface area contributed by atoms with Crippen LogP contribution >= 0.6 is 0 Å². The van der Waals surface area contributed by atoms with Crippen molar-refractivity contribution in [1.82, 2.24) is 10.6 Å². The maximum Gasteiger partial charge on any atom is 0.220 e. The first-order valence-electron chi connectivity index (χ1n) is 11.3. The number of unbranched alkanes of at least 4 members (excludes halogenated alkanes) is 2. The third kappa shape index (κ3) is 17.6. The van der Waals surface area contributed by atoms with Crippen LogP contribution in [0.4, 0.5) is 0 Å². The highest BCUT2D eigenvalue weighted by Crippen LogP contribution is 2.00. The summed E-state index contributed by atoms with van der Waals surface area (Å²) in [6.45, 7) is 4.65. The molecule has 0 bridgehead atoms. The first kappa shape index (κ1) is 28.0. The lowest BCUT2D eigenvalue weighted by Crippen LogP contribution is -2.30. The summed E-state index contributed by atoms with van der Waals surface area (Å²) in [4.78, 5) is 23.4. The Morgan fingerprint density at radius 3 is 2.03 bits per heavy atom. The van der Waals surface area contributed by atoms with Crippen LogP contribution in [-0.4, -0.2) is 71.3 Å². The number of carbonyl (C=O) groups excluding carboxylic acids is 2. The molecule has 1 rings (SSSR count).